The van der Waals surface area contributed by atoms with Crippen LogP contribution in [0.15, 0.2) is 21.7 Å². The van der Waals surface area contributed by atoms with Crippen LogP contribution in [0.4, 0.5) is 10.1 Å². The van der Waals surface area contributed by atoms with Crippen LogP contribution in [0.5, 0.6) is 0 Å². The third-order valence-electron chi connectivity index (χ3n) is 1.99. The highest BCUT2D eigenvalue weighted by molar-refractivity contribution is 9.10. The standard InChI is InChI=1S/C10H9BrFN5/c1-5-7(3-2-6(12)9(5)11)16-17-8(4-13)10(14)15/h2-3,16H,1H3,(H3,14,15)/b17-8+. The Hall–Kier alpha value is -1.94. The van der Waals surface area contributed by atoms with Crippen molar-refractivity contribution < 1.29 is 4.39 Å². The second-order valence-corrected chi connectivity index (χ2v) is 3.92. The van der Waals surface area contributed by atoms with Crippen molar-refractivity contribution in [2.75, 3.05) is 5.43 Å². The van der Waals surface area contributed by atoms with Crippen molar-refractivity contribution in [3.05, 3.63) is 28.0 Å². The van der Waals surface area contributed by atoms with Crippen LogP contribution < -0.4 is 11.2 Å². The van der Waals surface area contributed by atoms with E-state index in [2.05, 4.69) is 26.5 Å². The summed E-state index contributed by atoms with van der Waals surface area (Å²) in [7, 11) is 0. The van der Waals surface area contributed by atoms with Crippen LogP contribution in [0.3, 0.4) is 0 Å². The molecule has 0 spiro atoms. The highest BCUT2D eigenvalue weighted by atomic mass is 79.9. The smallest absolute Gasteiger partial charge is 0.201 e. The summed E-state index contributed by atoms with van der Waals surface area (Å²) in [5, 5.41) is 19.4. The first kappa shape index (κ1) is 13.1. The molecular formula is C10H9BrFN5. The van der Waals surface area contributed by atoms with Gasteiger partial charge in [0.25, 0.3) is 0 Å². The molecule has 0 aliphatic heterocycles. The zero-order valence-electron chi connectivity index (χ0n) is 8.88. The first-order valence-electron chi connectivity index (χ1n) is 4.50. The third-order valence-corrected chi connectivity index (χ3v) is 2.96. The Balaban J connectivity index is 3.02. The van der Waals surface area contributed by atoms with E-state index in [9.17, 15) is 4.39 Å². The van der Waals surface area contributed by atoms with E-state index in [0.717, 1.165) is 0 Å². The van der Waals surface area contributed by atoms with Gasteiger partial charge in [-0.25, -0.2) is 4.39 Å². The average molecular weight is 298 g/mol. The molecule has 0 aromatic heterocycles. The van der Waals surface area contributed by atoms with Crippen molar-refractivity contribution in [1.29, 1.82) is 10.7 Å². The molecule has 0 saturated heterocycles. The number of amidine groups is 1. The predicted molar refractivity (Wildman–Crippen MR) is 67.4 cm³/mol. The van der Waals surface area contributed by atoms with Gasteiger partial charge in [0.2, 0.25) is 5.71 Å². The Kier molecular flexibility index (Phi) is 4.17. The molecule has 0 fully saturated rings. The fourth-order valence-corrected chi connectivity index (χ4v) is 1.38. The molecule has 1 rings (SSSR count). The van der Waals surface area contributed by atoms with E-state index in [1.165, 1.54) is 12.1 Å². The molecule has 0 amide bonds. The van der Waals surface area contributed by atoms with Crippen LogP contribution >= 0.6 is 15.9 Å². The van der Waals surface area contributed by atoms with E-state index in [1.807, 2.05) is 0 Å². The number of nitrogens with two attached hydrogens (primary N) is 1. The highest BCUT2D eigenvalue weighted by Gasteiger charge is 2.07. The van der Waals surface area contributed by atoms with Gasteiger partial charge in [-0.1, -0.05) is 0 Å². The minimum Gasteiger partial charge on any atom is -0.382 e. The number of hydrogen-bond acceptors (Lipinski definition) is 4. The van der Waals surface area contributed by atoms with Crippen molar-refractivity contribution in [3.63, 3.8) is 0 Å². The number of hydrogen-bond donors (Lipinski definition) is 3. The maximum atomic E-state index is 13.1. The lowest BCUT2D eigenvalue weighted by Gasteiger charge is -2.07. The van der Waals surface area contributed by atoms with E-state index < -0.39 is 5.84 Å². The number of nitrogens with zero attached hydrogens (tertiary/aromatic N) is 2. The van der Waals surface area contributed by atoms with Crippen molar-refractivity contribution in [3.8, 4) is 6.07 Å². The Morgan fingerprint density at radius 3 is 2.82 bits per heavy atom. The van der Waals surface area contributed by atoms with E-state index in [4.69, 9.17) is 16.4 Å². The molecule has 17 heavy (non-hydrogen) atoms. The zero-order valence-corrected chi connectivity index (χ0v) is 10.5. The van der Waals surface area contributed by atoms with Gasteiger partial charge in [-0.05, 0) is 40.5 Å². The fraction of sp³-hybridized carbons (Fsp3) is 0.100. The lowest BCUT2D eigenvalue weighted by molar-refractivity contribution is 0.620. The maximum absolute atomic E-state index is 13.1. The Bertz CT molecular complexity index is 532. The minimum absolute atomic E-state index is 0.232. The maximum Gasteiger partial charge on any atom is 0.201 e. The molecule has 0 saturated carbocycles. The molecule has 0 aliphatic rings. The number of hydrazone groups is 1. The van der Waals surface area contributed by atoms with Crippen LogP contribution in [0.2, 0.25) is 0 Å². The van der Waals surface area contributed by atoms with Gasteiger partial charge < -0.3 is 5.73 Å². The van der Waals surface area contributed by atoms with Gasteiger partial charge in [0.1, 0.15) is 11.9 Å². The first-order chi connectivity index (χ1) is 7.97. The first-order valence-corrected chi connectivity index (χ1v) is 5.29. The zero-order chi connectivity index (χ0) is 13.0. The summed E-state index contributed by atoms with van der Waals surface area (Å²) in [5.41, 5.74) is 8.58. The van der Waals surface area contributed by atoms with Crippen LogP contribution in [-0.4, -0.2) is 11.5 Å². The largest absolute Gasteiger partial charge is 0.382 e. The average Bonchev–Trinajstić information content (AvgIpc) is 2.29. The SMILES string of the molecule is Cc1c(N/N=C(\C#N)C(=N)N)ccc(F)c1Br. The van der Waals surface area contributed by atoms with Crippen molar-refractivity contribution >= 4 is 33.2 Å². The number of nitriles is 1. The molecular weight excluding hydrogens is 289 g/mol. The normalized spacial score (nSPS) is 10.8. The lowest BCUT2D eigenvalue weighted by atomic mass is 10.2. The molecule has 1 aromatic rings. The summed E-state index contributed by atoms with van der Waals surface area (Å²) in [6, 6.07) is 4.41. The summed E-state index contributed by atoms with van der Waals surface area (Å²) in [4.78, 5) is 0. The summed E-state index contributed by atoms with van der Waals surface area (Å²) >= 11 is 3.09. The van der Waals surface area contributed by atoms with E-state index >= 15 is 0 Å². The molecule has 0 bridgehead atoms. The van der Waals surface area contributed by atoms with Gasteiger partial charge in [-0.2, -0.15) is 10.4 Å². The van der Waals surface area contributed by atoms with E-state index in [-0.39, 0.29) is 11.5 Å². The minimum atomic E-state index is -0.432. The van der Waals surface area contributed by atoms with Crippen molar-refractivity contribution in [2.45, 2.75) is 6.92 Å². The summed E-state index contributed by atoms with van der Waals surface area (Å²) < 4.78 is 13.5. The topological polar surface area (TPSA) is 98.0 Å². The Labute approximate surface area is 106 Å². The number of nitrogens with one attached hydrogen (secondary N) is 2. The van der Waals surface area contributed by atoms with Gasteiger partial charge >= 0.3 is 0 Å². The van der Waals surface area contributed by atoms with E-state index in [1.54, 1.807) is 13.0 Å². The fourth-order valence-electron chi connectivity index (χ4n) is 1.03. The molecule has 4 N–H and O–H groups in total. The van der Waals surface area contributed by atoms with E-state index in [0.29, 0.717) is 15.7 Å². The molecule has 7 heteroatoms. The number of benzene rings is 1. The van der Waals surface area contributed by atoms with Crippen LogP contribution in [0.1, 0.15) is 5.56 Å². The van der Waals surface area contributed by atoms with Crippen molar-refractivity contribution in [2.24, 2.45) is 10.8 Å². The monoisotopic (exact) mass is 297 g/mol. The van der Waals surface area contributed by atoms with Crippen LogP contribution in [0, 0.1) is 29.5 Å². The summed E-state index contributed by atoms with van der Waals surface area (Å²) in [5.74, 6) is -0.817. The molecule has 0 aliphatic carbocycles. The lowest BCUT2D eigenvalue weighted by Crippen LogP contribution is -2.22. The van der Waals surface area contributed by atoms with Gasteiger partial charge in [0.15, 0.2) is 5.84 Å². The molecule has 0 unspecified atom stereocenters. The number of anilines is 1. The molecule has 0 heterocycles. The highest BCUT2D eigenvalue weighted by Crippen LogP contribution is 2.26. The van der Waals surface area contributed by atoms with Gasteiger partial charge in [-0.3, -0.25) is 10.8 Å². The Morgan fingerprint density at radius 2 is 2.29 bits per heavy atom. The van der Waals surface area contributed by atoms with Crippen LogP contribution in [0.25, 0.3) is 0 Å². The predicted octanol–water partition coefficient (Wildman–Crippen LogP) is 2.12. The summed E-state index contributed by atoms with van der Waals surface area (Å²) in [6.07, 6.45) is 0. The molecule has 1 aromatic carbocycles. The molecule has 0 radical (unpaired) electrons. The molecule has 0 atom stereocenters. The van der Waals surface area contributed by atoms with Crippen molar-refractivity contribution in [1.82, 2.24) is 0 Å². The summed E-state index contributed by atoms with van der Waals surface area (Å²) in [6.45, 7) is 1.69. The van der Waals surface area contributed by atoms with Gasteiger partial charge in [-0.15, -0.1) is 0 Å². The number of rotatable bonds is 3. The quantitative estimate of drug-likeness (QED) is 0.453. The third kappa shape index (κ3) is 3.01. The van der Waals surface area contributed by atoms with Gasteiger partial charge in [0, 0.05) is 0 Å². The second kappa shape index (κ2) is 5.41. The molecule has 5 nitrogen and oxygen atoms in total. The van der Waals surface area contributed by atoms with Gasteiger partial charge in [0.05, 0.1) is 10.2 Å². The number of halogens is 2. The Morgan fingerprint density at radius 1 is 1.65 bits per heavy atom. The van der Waals surface area contributed by atoms with Crippen LogP contribution in [-0.2, 0) is 0 Å². The molecule has 88 valence electrons. The second-order valence-electron chi connectivity index (χ2n) is 3.13.